The number of nitrogens with one attached hydrogen (secondary N) is 1. The molecule has 340 valence electrons. The standard InChI is InChI=1S/C21H21F3N2O4S.C12H13ClO3.C9H9F3N2OS/c1-13-10-18(26-21(25-13)31-9-8-17(22)19(23)24)30-11-14-6-4-5-7-15(14)16(12-28-2)20(27)29-3;1-15-8-11(12(14)16-2)10-6-4-3-5-9(10)7-13;1-5-4-7(15)14-9(13-5)16-3-2-6(10)8(11)12/h4-7,10,12H,8-9,11H2,1-3H3;3-6,8H,7H2,1-2H3;4H,2-3H2,1H3,(H,13,14,15)/b16-12+;11-8+;. The Labute approximate surface area is 372 Å². The van der Waals surface area contributed by atoms with Gasteiger partial charge in [-0.2, -0.15) is 22.5 Å². The Balaban J connectivity index is 0.000000359. The van der Waals surface area contributed by atoms with Crippen LogP contribution in [0.4, 0.5) is 26.3 Å². The van der Waals surface area contributed by atoms with E-state index in [2.05, 4.69) is 24.7 Å². The number of rotatable bonds is 18. The maximum absolute atomic E-state index is 12.9. The molecule has 0 radical (unpaired) electrons. The highest BCUT2D eigenvalue weighted by Gasteiger charge is 2.18. The van der Waals surface area contributed by atoms with Crippen LogP contribution in [0.15, 0.2) is 112 Å². The van der Waals surface area contributed by atoms with Crippen molar-refractivity contribution in [2.45, 2.75) is 49.5 Å². The number of halogens is 7. The number of esters is 2. The van der Waals surface area contributed by atoms with Crippen molar-refractivity contribution in [2.24, 2.45) is 0 Å². The third kappa shape index (κ3) is 19.1. The summed E-state index contributed by atoms with van der Waals surface area (Å²) in [5, 5.41) is 0.585. The molecule has 2 heterocycles. The van der Waals surface area contributed by atoms with Gasteiger partial charge in [0.05, 0.1) is 41.0 Å². The predicted molar refractivity (Wildman–Crippen MR) is 229 cm³/mol. The molecule has 0 amide bonds. The monoisotopic (exact) mass is 944 g/mol. The number of hydrogen-bond donors (Lipinski definition) is 1. The van der Waals surface area contributed by atoms with Gasteiger partial charge in [-0.25, -0.2) is 28.3 Å². The van der Waals surface area contributed by atoms with Crippen LogP contribution in [0.3, 0.4) is 0 Å². The maximum Gasteiger partial charge on any atom is 0.341 e. The van der Waals surface area contributed by atoms with E-state index in [1.807, 2.05) is 18.2 Å². The molecule has 0 aliphatic heterocycles. The molecule has 2 aromatic carbocycles. The van der Waals surface area contributed by atoms with E-state index in [-0.39, 0.29) is 46.7 Å². The number of benzene rings is 2. The van der Waals surface area contributed by atoms with Crippen LogP contribution >= 0.6 is 35.1 Å². The van der Waals surface area contributed by atoms with Gasteiger partial charge in [0.15, 0.2) is 22.0 Å². The van der Waals surface area contributed by atoms with Gasteiger partial charge in [-0.3, -0.25) is 4.79 Å². The minimum Gasteiger partial charge on any atom is -0.503 e. The van der Waals surface area contributed by atoms with Crippen molar-refractivity contribution in [3.8, 4) is 5.88 Å². The second-order valence-corrected chi connectivity index (χ2v) is 14.5. The van der Waals surface area contributed by atoms with Crippen LogP contribution in [0.2, 0.25) is 0 Å². The average molecular weight is 945 g/mol. The van der Waals surface area contributed by atoms with Gasteiger partial charge < -0.3 is 28.7 Å². The normalized spacial score (nSPS) is 10.9. The number of aromatic amines is 1. The molecule has 0 unspecified atom stereocenters. The van der Waals surface area contributed by atoms with Crippen LogP contribution in [-0.4, -0.2) is 71.8 Å². The first kappa shape index (κ1) is 53.4. The van der Waals surface area contributed by atoms with Gasteiger partial charge in [0, 0.05) is 53.7 Å². The number of aromatic nitrogens is 4. The van der Waals surface area contributed by atoms with Crippen molar-refractivity contribution in [3.05, 3.63) is 141 Å². The minimum atomic E-state index is -2.32. The third-order valence-electron chi connectivity index (χ3n) is 7.60. The molecule has 0 atom stereocenters. The number of thioether (sulfide) groups is 2. The molecule has 0 fully saturated rings. The lowest BCUT2D eigenvalue weighted by Gasteiger charge is -2.13. The van der Waals surface area contributed by atoms with E-state index in [1.165, 1.54) is 47.0 Å². The molecule has 4 aromatic rings. The molecule has 63 heavy (non-hydrogen) atoms. The number of allylic oxidation sites excluding steroid dienone is 2. The van der Waals surface area contributed by atoms with Crippen molar-refractivity contribution < 1.29 is 59.6 Å². The smallest absolute Gasteiger partial charge is 0.341 e. The van der Waals surface area contributed by atoms with E-state index in [0.29, 0.717) is 39.1 Å². The Morgan fingerprint density at radius 2 is 1.19 bits per heavy atom. The van der Waals surface area contributed by atoms with Crippen molar-refractivity contribution in [3.63, 3.8) is 0 Å². The molecular formula is C42H43ClF6N4O8S2. The van der Waals surface area contributed by atoms with Gasteiger partial charge in [-0.1, -0.05) is 72.1 Å². The molecule has 0 aliphatic rings. The summed E-state index contributed by atoms with van der Waals surface area (Å²) >= 11 is 7.87. The first-order chi connectivity index (χ1) is 30.1. The number of aryl methyl sites for hydroxylation is 2. The summed E-state index contributed by atoms with van der Waals surface area (Å²) in [6.45, 7) is 3.45. The minimum absolute atomic E-state index is 0.0548. The number of nitrogens with zero attached hydrogens (tertiary/aromatic N) is 3. The van der Waals surface area contributed by atoms with Gasteiger partial charge in [0.25, 0.3) is 5.56 Å². The highest BCUT2D eigenvalue weighted by atomic mass is 35.5. The fourth-order valence-electron chi connectivity index (χ4n) is 4.79. The van der Waals surface area contributed by atoms with Gasteiger partial charge in [-0.05, 0) is 36.1 Å². The van der Waals surface area contributed by atoms with Crippen molar-refractivity contribution in [1.29, 1.82) is 0 Å². The Bertz CT molecular complexity index is 2320. The molecule has 1 N–H and O–H groups in total. The number of carbonyl (C=O) groups is 2. The van der Waals surface area contributed by atoms with E-state index >= 15 is 0 Å². The summed E-state index contributed by atoms with van der Waals surface area (Å²) in [4.78, 5) is 49.5. The Morgan fingerprint density at radius 1 is 0.698 bits per heavy atom. The van der Waals surface area contributed by atoms with E-state index < -0.39 is 42.2 Å². The van der Waals surface area contributed by atoms with E-state index in [9.17, 15) is 40.7 Å². The highest BCUT2D eigenvalue weighted by Crippen LogP contribution is 2.26. The van der Waals surface area contributed by atoms with Crippen LogP contribution in [0.5, 0.6) is 5.88 Å². The van der Waals surface area contributed by atoms with Crippen molar-refractivity contribution in [2.75, 3.05) is 39.9 Å². The maximum atomic E-state index is 12.9. The number of H-pyrrole nitrogens is 1. The van der Waals surface area contributed by atoms with Crippen molar-refractivity contribution in [1.82, 2.24) is 19.9 Å². The van der Waals surface area contributed by atoms with Crippen LogP contribution in [0.1, 0.15) is 46.5 Å². The zero-order valence-electron chi connectivity index (χ0n) is 34.7. The molecular weight excluding hydrogens is 902 g/mol. The number of alkyl halides is 1. The Hall–Kier alpha value is -5.73. The lowest BCUT2D eigenvalue weighted by atomic mass is 10.0. The molecule has 0 saturated carbocycles. The largest absolute Gasteiger partial charge is 0.503 e. The van der Waals surface area contributed by atoms with Gasteiger partial charge in [0.2, 0.25) is 5.88 Å². The zero-order valence-corrected chi connectivity index (χ0v) is 37.1. The Morgan fingerprint density at radius 3 is 1.68 bits per heavy atom. The van der Waals surface area contributed by atoms with E-state index in [4.69, 9.17) is 30.5 Å². The zero-order chi connectivity index (χ0) is 46.9. The summed E-state index contributed by atoms with van der Waals surface area (Å²) in [7, 11) is 5.51. The quantitative estimate of drug-likeness (QED) is 0.0192. The molecule has 12 nitrogen and oxygen atoms in total. The fourth-order valence-corrected chi connectivity index (χ4v) is 6.70. The molecule has 4 rings (SSSR count). The lowest BCUT2D eigenvalue weighted by molar-refractivity contribution is -0.134. The Kier molecular flexibility index (Phi) is 24.4. The van der Waals surface area contributed by atoms with Gasteiger partial charge in [-0.15, -0.1) is 11.6 Å². The van der Waals surface area contributed by atoms with Crippen LogP contribution < -0.4 is 10.3 Å². The molecule has 0 aliphatic carbocycles. The third-order valence-corrected chi connectivity index (χ3v) is 9.61. The number of hydrogen-bond acceptors (Lipinski definition) is 13. The molecule has 21 heteroatoms. The number of carbonyl (C=O) groups excluding carboxylic acids is 2. The lowest BCUT2D eigenvalue weighted by Crippen LogP contribution is -2.09. The number of ether oxygens (including phenoxy) is 5. The second kappa shape index (κ2) is 28.8. The van der Waals surface area contributed by atoms with Crippen LogP contribution in [0.25, 0.3) is 11.1 Å². The summed E-state index contributed by atoms with van der Waals surface area (Å²) in [5.74, 6) is -3.14. The first-order valence-electron chi connectivity index (χ1n) is 18.1. The van der Waals surface area contributed by atoms with Crippen molar-refractivity contribution >= 4 is 58.2 Å². The van der Waals surface area contributed by atoms with Gasteiger partial charge >= 0.3 is 24.1 Å². The van der Waals surface area contributed by atoms with E-state index in [1.54, 1.807) is 50.2 Å². The predicted octanol–water partition coefficient (Wildman–Crippen LogP) is 10.3. The van der Waals surface area contributed by atoms with E-state index in [0.717, 1.165) is 34.7 Å². The summed E-state index contributed by atoms with van der Waals surface area (Å²) in [6, 6.07) is 17.4. The molecule has 0 saturated heterocycles. The molecule has 2 aromatic heterocycles. The SMILES string of the molecule is CO/C=C(/C(=O)OC)c1ccccc1CCl.CO/C=C(/C(=O)OC)c1ccccc1COc1cc(C)nc(SCCC(F)=C(F)F)n1.Cc1cc(=O)[nH]c(SCCC(F)=C(F)F)n1. The summed E-state index contributed by atoms with van der Waals surface area (Å²) < 4.78 is 98.2. The average Bonchev–Trinajstić information content (AvgIpc) is 3.26. The molecule has 0 bridgehead atoms. The first-order valence-corrected chi connectivity index (χ1v) is 20.7. The van der Waals surface area contributed by atoms with Gasteiger partial charge in [0.1, 0.15) is 17.8 Å². The summed E-state index contributed by atoms with van der Waals surface area (Å²) in [6.07, 6.45) is -2.77. The molecule has 0 spiro atoms. The second-order valence-electron chi connectivity index (χ2n) is 12.1. The topological polar surface area (TPSA) is 152 Å². The number of methoxy groups -OCH3 is 4. The summed E-state index contributed by atoms with van der Waals surface area (Å²) in [5.41, 5.74) is 4.25. The van der Waals surface area contributed by atoms with Crippen LogP contribution in [0, 0.1) is 13.8 Å². The highest BCUT2D eigenvalue weighted by molar-refractivity contribution is 7.99. The van der Waals surface area contributed by atoms with Crippen LogP contribution in [-0.2, 0) is 41.0 Å². The fraction of sp³-hybridized carbons (Fsp3) is 0.286.